The smallest absolute Gasteiger partial charge is 0.296 e. The Morgan fingerprint density at radius 3 is 2.73 bits per heavy atom. The molecule has 0 bridgehead atoms. The van der Waals surface area contributed by atoms with Crippen molar-refractivity contribution < 1.29 is 33.5 Å². The Morgan fingerprint density at radius 1 is 1.17 bits per heavy atom. The Hall–Kier alpha value is -5.23. The van der Waals surface area contributed by atoms with Gasteiger partial charge in [-0.25, -0.2) is 4.98 Å². The number of aromatic nitrogens is 1. The molecule has 1 N–H and O–H groups in total. The van der Waals surface area contributed by atoms with Crippen LogP contribution in [0.25, 0.3) is 21.2 Å². The molecule has 6 rings (SSSR count). The lowest BCUT2D eigenvalue weighted by Crippen LogP contribution is -2.31. The lowest BCUT2D eigenvalue weighted by atomic mass is 9.95. The van der Waals surface area contributed by atoms with E-state index in [9.17, 15) is 24.8 Å². The van der Waals surface area contributed by atoms with Crippen LogP contribution in [-0.4, -0.2) is 40.4 Å². The number of carbonyl (C=O) groups excluding carboxylic acids is 2. The largest absolute Gasteiger partial charge is 0.503 e. The lowest BCUT2D eigenvalue weighted by Gasteiger charge is -2.24. The number of aliphatic hydroxyl groups is 1. The van der Waals surface area contributed by atoms with Crippen LogP contribution in [-0.2, 0) is 4.79 Å². The van der Waals surface area contributed by atoms with Crippen molar-refractivity contribution in [3.63, 3.8) is 0 Å². The number of fused-ring (bicyclic) bond motifs is 2. The lowest BCUT2D eigenvalue weighted by molar-refractivity contribution is -0.384. The molecule has 0 saturated carbocycles. The summed E-state index contributed by atoms with van der Waals surface area (Å²) < 4.78 is 17.4. The molecule has 41 heavy (non-hydrogen) atoms. The maximum absolute atomic E-state index is 13.9. The Labute approximate surface area is 236 Å². The molecule has 3 heterocycles. The average molecular weight is 572 g/mol. The highest BCUT2D eigenvalue weighted by Crippen LogP contribution is 2.45. The van der Waals surface area contributed by atoms with Gasteiger partial charge in [-0.1, -0.05) is 35.6 Å². The zero-order chi connectivity index (χ0) is 28.8. The number of furan rings is 1. The number of ketones is 1. The number of benzene rings is 3. The molecule has 0 fully saturated rings. The predicted molar refractivity (Wildman–Crippen MR) is 151 cm³/mol. The minimum atomic E-state index is -1.23. The van der Waals surface area contributed by atoms with Crippen LogP contribution in [0.3, 0.4) is 0 Å². The van der Waals surface area contributed by atoms with Gasteiger partial charge in [-0.15, -0.1) is 0 Å². The van der Waals surface area contributed by atoms with Crippen molar-refractivity contribution >= 4 is 55.0 Å². The summed E-state index contributed by atoms with van der Waals surface area (Å²) in [5.41, 5.74) is 0.600. The van der Waals surface area contributed by atoms with E-state index in [1.807, 2.05) is 6.92 Å². The molecule has 1 amide bonds. The molecule has 5 aromatic rings. The third-order valence-corrected chi connectivity index (χ3v) is 7.68. The quantitative estimate of drug-likeness (QED) is 0.132. The van der Waals surface area contributed by atoms with Crippen molar-refractivity contribution in [1.82, 2.24) is 4.98 Å². The van der Waals surface area contributed by atoms with Crippen molar-refractivity contribution in [2.45, 2.75) is 13.0 Å². The van der Waals surface area contributed by atoms with Crippen molar-refractivity contribution in [2.24, 2.45) is 0 Å². The van der Waals surface area contributed by atoms with E-state index in [2.05, 4.69) is 4.98 Å². The molecular formula is C29H21N3O8S. The summed E-state index contributed by atoms with van der Waals surface area (Å²) in [5, 5.41) is 23.5. The van der Waals surface area contributed by atoms with Crippen molar-refractivity contribution in [2.75, 3.05) is 18.6 Å². The second kappa shape index (κ2) is 10.1. The fourth-order valence-electron chi connectivity index (χ4n) is 4.85. The first-order valence-electron chi connectivity index (χ1n) is 12.5. The van der Waals surface area contributed by atoms with E-state index in [4.69, 9.17) is 13.9 Å². The van der Waals surface area contributed by atoms with Gasteiger partial charge in [0.1, 0.15) is 5.75 Å². The average Bonchev–Trinajstić information content (AvgIpc) is 3.66. The number of non-ortho nitro benzene ring substituents is 1. The van der Waals surface area contributed by atoms with Crippen LogP contribution in [0.4, 0.5) is 10.8 Å². The number of aliphatic hydroxyl groups excluding tert-OH is 1. The molecule has 206 valence electrons. The number of hydrogen-bond donors (Lipinski definition) is 1. The zero-order valence-electron chi connectivity index (χ0n) is 21.7. The topological polar surface area (TPSA) is 145 Å². The highest BCUT2D eigenvalue weighted by Gasteiger charge is 2.47. The Morgan fingerprint density at radius 2 is 1.98 bits per heavy atom. The molecule has 1 unspecified atom stereocenters. The number of nitro groups is 1. The number of amides is 1. The van der Waals surface area contributed by atoms with Crippen LogP contribution >= 0.6 is 11.3 Å². The maximum atomic E-state index is 13.9. The second-order valence-corrected chi connectivity index (χ2v) is 10.1. The third-order valence-electron chi connectivity index (χ3n) is 6.67. The van der Waals surface area contributed by atoms with Gasteiger partial charge >= 0.3 is 0 Å². The monoisotopic (exact) mass is 571 g/mol. The number of Topliss-reactive ketones (excluding diaryl/α,β-unsaturated/α-hetero) is 1. The Bertz CT molecular complexity index is 1910. The summed E-state index contributed by atoms with van der Waals surface area (Å²) in [6.45, 7) is 2.33. The Kier molecular flexibility index (Phi) is 6.39. The van der Waals surface area contributed by atoms with E-state index >= 15 is 0 Å². The normalized spacial score (nSPS) is 15.2. The molecule has 3 aromatic carbocycles. The first kappa shape index (κ1) is 26.0. The first-order chi connectivity index (χ1) is 19.8. The van der Waals surface area contributed by atoms with E-state index in [-0.39, 0.29) is 27.7 Å². The van der Waals surface area contributed by atoms with Gasteiger partial charge in [0.15, 0.2) is 28.0 Å². The number of hydrogen-bond acceptors (Lipinski definition) is 10. The number of thiazole rings is 1. The van der Waals surface area contributed by atoms with E-state index in [0.717, 1.165) is 11.3 Å². The number of nitro benzene ring substituents is 1. The van der Waals surface area contributed by atoms with E-state index < -0.39 is 28.4 Å². The van der Waals surface area contributed by atoms with Crippen LogP contribution in [0.5, 0.6) is 11.5 Å². The van der Waals surface area contributed by atoms with Crippen molar-refractivity contribution in [3.8, 4) is 11.5 Å². The third kappa shape index (κ3) is 4.34. The van der Waals surface area contributed by atoms with E-state index in [0.29, 0.717) is 39.3 Å². The second-order valence-electron chi connectivity index (χ2n) is 9.07. The Balaban J connectivity index is 1.51. The number of nitrogens with zero attached hydrogens (tertiary/aromatic N) is 3. The number of rotatable bonds is 8. The molecule has 1 atom stereocenters. The van der Waals surface area contributed by atoms with Gasteiger partial charge < -0.3 is 19.0 Å². The van der Waals surface area contributed by atoms with Gasteiger partial charge in [0.2, 0.25) is 5.78 Å². The van der Waals surface area contributed by atoms with Crippen molar-refractivity contribution in [1.29, 1.82) is 0 Å². The molecule has 11 nitrogen and oxygen atoms in total. The molecular weight excluding hydrogens is 550 g/mol. The highest BCUT2D eigenvalue weighted by molar-refractivity contribution is 7.22. The number of ether oxygens (including phenoxy) is 2. The van der Waals surface area contributed by atoms with Gasteiger partial charge in [0.25, 0.3) is 11.6 Å². The zero-order valence-corrected chi connectivity index (χ0v) is 22.5. The first-order valence-corrected chi connectivity index (χ1v) is 13.3. The fourth-order valence-corrected chi connectivity index (χ4v) is 5.87. The van der Waals surface area contributed by atoms with Crippen LogP contribution < -0.4 is 14.4 Å². The molecule has 12 heteroatoms. The number of carbonyl (C=O) groups is 2. The molecule has 1 aliphatic rings. The maximum Gasteiger partial charge on any atom is 0.296 e. The van der Waals surface area contributed by atoms with Crippen LogP contribution in [0, 0.1) is 10.1 Å². The minimum Gasteiger partial charge on any atom is -0.503 e. The minimum absolute atomic E-state index is 0.137. The molecule has 2 aromatic heterocycles. The van der Waals surface area contributed by atoms with Crippen molar-refractivity contribution in [3.05, 3.63) is 99.5 Å². The number of anilines is 1. The van der Waals surface area contributed by atoms with Crippen LogP contribution in [0.1, 0.15) is 29.1 Å². The van der Waals surface area contributed by atoms with Gasteiger partial charge in [0, 0.05) is 17.5 Å². The van der Waals surface area contributed by atoms with Crippen LogP contribution in [0.15, 0.2) is 82.5 Å². The summed E-state index contributed by atoms with van der Waals surface area (Å²) in [5.74, 6) is -1.54. The fraction of sp³-hybridized carbons (Fsp3) is 0.138. The molecule has 0 aliphatic carbocycles. The van der Waals surface area contributed by atoms with Gasteiger partial charge in [0.05, 0.1) is 40.5 Å². The highest BCUT2D eigenvalue weighted by atomic mass is 32.1. The predicted octanol–water partition coefficient (Wildman–Crippen LogP) is 6.14. The standard InChI is InChI=1S/C29H21N3O8S/c1-3-39-18-10-11-19-22(14-18)41-29(30-19)31-24(15-6-4-8-17(12-15)32(36)37)23(26(34)28(31)35)25(33)21-13-16-7-5-9-20(38-2)27(16)40-21/h4-14,24,34H,3H2,1-2H3. The summed E-state index contributed by atoms with van der Waals surface area (Å²) in [7, 11) is 1.47. The summed E-state index contributed by atoms with van der Waals surface area (Å²) in [4.78, 5) is 44.3. The van der Waals surface area contributed by atoms with Gasteiger partial charge in [-0.3, -0.25) is 24.6 Å². The molecule has 1 aliphatic heterocycles. The summed E-state index contributed by atoms with van der Waals surface area (Å²) >= 11 is 1.16. The van der Waals surface area contributed by atoms with E-state index in [1.54, 1.807) is 42.5 Å². The van der Waals surface area contributed by atoms with Crippen LogP contribution in [0.2, 0.25) is 0 Å². The molecule has 0 radical (unpaired) electrons. The number of para-hydroxylation sites is 1. The SMILES string of the molecule is CCOc1ccc2nc(N3C(=O)C(O)=C(C(=O)c4cc5cccc(OC)c5o4)C3c3cccc([N+](=O)[O-])c3)sc2c1. The van der Waals surface area contributed by atoms with E-state index in [1.165, 1.54) is 36.3 Å². The van der Waals surface area contributed by atoms with Gasteiger partial charge in [-0.05, 0) is 42.8 Å². The number of methoxy groups -OCH3 is 1. The molecule has 0 saturated heterocycles. The summed E-state index contributed by atoms with van der Waals surface area (Å²) in [6.07, 6.45) is 0. The van der Waals surface area contributed by atoms with Gasteiger partial charge in [-0.2, -0.15) is 0 Å². The molecule has 0 spiro atoms. The summed E-state index contributed by atoms with van der Waals surface area (Å²) in [6, 6.07) is 16.2.